The van der Waals surface area contributed by atoms with Gasteiger partial charge in [0.15, 0.2) is 8.80 Å². The van der Waals surface area contributed by atoms with Gasteiger partial charge in [0.2, 0.25) is 5.53 Å². The average molecular weight is 250 g/mol. The topological polar surface area (TPSA) is 30.5 Å². The molecule has 1 aromatic carbocycles. The lowest BCUT2D eigenvalue weighted by Crippen LogP contribution is -2.59. The zero-order valence-corrected chi connectivity index (χ0v) is 11.5. The first-order valence-electron chi connectivity index (χ1n) is 6.27. The molecule has 1 aliphatic heterocycles. The molecule has 0 spiro atoms. The van der Waals surface area contributed by atoms with Gasteiger partial charge in [0.25, 0.3) is 0 Å². The molecule has 0 aromatic heterocycles. The molecular formula is C13H20NO2Si. The summed E-state index contributed by atoms with van der Waals surface area (Å²) in [5, 5.41) is 4.80. The minimum atomic E-state index is -0.868. The first-order valence-corrected chi connectivity index (χ1v) is 7.97. The van der Waals surface area contributed by atoms with Crippen molar-refractivity contribution in [3.63, 3.8) is 0 Å². The van der Waals surface area contributed by atoms with Crippen LogP contribution in [0.4, 0.5) is 0 Å². The zero-order valence-electron chi connectivity index (χ0n) is 10.5. The van der Waals surface area contributed by atoms with Crippen molar-refractivity contribution in [3.05, 3.63) is 30.3 Å². The molecule has 17 heavy (non-hydrogen) atoms. The molecule has 1 radical (unpaired) electrons. The van der Waals surface area contributed by atoms with Gasteiger partial charge in [-0.1, -0.05) is 35.5 Å². The Morgan fingerprint density at radius 1 is 1.18 bits per heavy atom. The highest BCUT2D eigenvalue weighted by Gasteiger charge is 2.47. The number of hydrogen-bond donors (Lipinski definition) is 1. The summed E-state index contributed by atoms with van der Waals surface area (Å²) < 4.78 is 11.8. The van der Waals surface area contributed by atoms with Crippen molar-refractivity contribution < 1.29 is 9.47 Å². The third-order valence-electron chi connectivity index (χ3n) is 2.95. The van der Waals surface area contributed by atoms with Crippen LogP contribution < -0.4 is 10.5 Å². The van der Waals surface area contributed by atoms with E-state index in [1.165, 1.54) is 5.19 Å². The first-order chi connectivity index (χ1) is 8.32. The Morgan fingerprint density at radius 3 is 2.41 bits per heavy atom. The van der Waals surface area contributed by atoms with Gasteiger partial charge in [-0.25, -0.2) is 0 Å². The van der Waals surface area contributed by atoms with E-state index in [-0.39, 0.29) is 0 Å². The summed E-state index contributed by atoms with van der Waals surface area (Å²) in [7, 11) is -0.868. The second-order valence-corrected chi connectivity index (χ2v) is 6.70. The van der Waals surface area contributed by atoms with Gasteiger partial charge in [-0.15, -0.1) is 0 Å². The lowest BCUT2D eigenvalue weighted by molar-refractivity contribution is -0.190. The molecule has 1 saturated heterocycles. The van der Waals surface area contributed by atoms with Gasteiger partial charge in [-0.3, -0.25) is 5.32 Å². The summed E-state index contributed by atoms with van der Waals surface area (Å²) >= 11 is 0. The monoisotopic (exact) mass is 250 g/mol. The number of benzene rings is 1. The van der Waals surface area contributed by atoms with Crippen LogP contribution in [0.15, 0.2) is 30.3 Å². The fraction of sp³-hybridized carbons (Fsp3) is 0.538. The minimum Gasteiger partial charge on any atom is -0.341 e. The summed E-state index contributed by atoms with van der Waals surface area (Å²) in [5.41, 5.74) is -0.532. The van der Waals surface area contributed by atoms with E-state index in [2.05, 4.69) is 35.6 Å². The minimum absolute atomic E-state index is 0.532. The summed E-state index contributed by atoms with van der Waals surface area (Å²) in [5.74, 6) is 0. The van der Waals surface area contributed by atoms with Crippen LogP contribution in [-0.2, 0) is 9.47 Å². The van der Waals surface area contributed by atoms with Crippen molar-refractivity contribution >= 4 is 14.0 Å². The summed E-state index contributed by atoms with van der Waals surface area (Å²) in [6.07, 6.45) is 0. The lowest BCUT2D eigenvalue weighted by Gasteiger charge is -2.34. The van der Waals surface area contributed by atoms with Crippen molar-refractivity contribution in [2.24, 2.45) is 0 Å². The molecule has 0 amide bonds. The van der Waals surface area contributed by atoms with Gasteiger partial charge >= 0.3 is 0 Å². The van der Waals surface area contributed by atoms with E-state index in [4.69, 9.17) is 9.47 Å². The highest BCUT2D eigenvalue weighted by Crippen LogP contribution is 2.22. The fourth-order valence-electron chi connectivity index (χ4n) is 2.32. The van der Waals surface area contributed by atoms with Gasteiger partial charge in [0, 0.05) is 13.2 Å². The summed E-state index contributed by atoms with van der Waals surface area (Å²) in [4.78, 5) is 0. The molecule has 1 aromatic rings. The Balaban J connectivity index is 2.25. The highest BCUT2D eigenvalue weighted by molar-refractivity contribution is 6.76. The second-order valence-electron chi connectivity index (χ2n) is 4.00. The van der Waals surface area contributed by atoms with Gasteiger partial charge in [0.1, 0.15) is 0 Å². The molecule has 0 saturated carbocycles. The molecular weight excluding hydrogens is 230 g/mol. The van der Waals surface area contributed by atoms with Crippen LogP contribution in [-0.4, -0.2) is 34.1 Å². The SMILES string of the molecule is CCOC1(OCC)NCC[Si]1c1ccccc1. The maximum atomic E-state index is 5.91. The standard InChI is InChI=1S/C13H20NO2Si/c1-3-15-13(16-4-2)14-10-11-17(13)12-8-6-5-7-9-12/h5-9,14H,3-4,10-11H2,1-2H3. The normalized spacial score (nSPS) is 19.6. The zero-order chi connectivity index (χ0) is 12.1. The lowest BCUT2D eigenvalue weighted by atomic mass is 10.4. The van der Waals surface area contributed by atoms with Crippen LogP contribution in [0.5, 0.6) is 0 Å². The molecule has 0 atom stereocenters. The second kappa shape index (κ2) is 5.77. The maximum Gasteiger partial charge on any atom is 0.208 e. The van der Waals surface area contributed by atoms with Crippen molar-refractivity contribution in [2.75, 3.05) is 19.8 Å². The predicted octanol–water partition coefficient (Wildman–Crippen LogP) is 1.26. The Hall–Kier alpha value is -0.683. The van der Waals surface area contributed by atoms with Gasteiger partial charge < -0.3 is 9.47 Å². The van der Waals surface area contributed by atoms with Crippen LogP contribution in [0.25, 0.3) is 0 Å². The van der Waals surface area contributed by atoms with Crippen molar-refractivity contribution in [1.29, 1.82) is 0 Å². The van der Waals surface area contributed by atoms with Crippen LogP contribution in [0.3, 0.4) is 0 Å². The molecule has 93 valence electrons. The molecule has 4 heteroatoms. The highest BCUT2D eigenvalue weighted by atomic mass is 28.3. The number of hydrogen-bond acceptors (Lipinski definition) is 3. The molecule has 2 rings (SSSR count). The van der Waals surface area contributed by atoms with E-state index in [9.17, 15) is 0 Å². The molecule has 3 nitrogen and oxygen atoms in total. The van der Waals surface area contributed by atoms with Gasteiger partial charge in [-0.05, 0) is 26.4 Å². The fourth-order valence-corrected chi connectivity index (χ4v) is 5.26. The molecule has 1 N–H and O–H groups in total. The van der Waals surface area contributed by atoms with Crippen LogP contribution in [0.1, 0.15) is 13.8 Å². The van der Waals surface area contributed by atoms with Gasteiger partial charge in [-0.2, -0.15) is 0 Å². The molecule has 0 bridgehead atoms. The predicted molar refractivity (Wildman–Crippen MR) is 70.6 cm³/mol. The third-order valence-corrected chi connectivity index (χ3v) is 5.99. The summed E-state index contributed by atoms with van der Waals surface area (Å²) in [6.45, 7) is 6.36. The first kappa shape index (κ1) is 12.8. The van der Waals surface area contributed by atoms with Crippen LogP contribution in [0.2, 0.25) is 6.04 Å². The Bertz CT molecular complexity index is 339. The van der Waals surface area contributed by atoms with Crippen molar-refractivity contribution in [1.82, 2.24) is 5.32 Å². The molecule has 1 fully saturated rings. The quantitative estimate of drug-likeness (QED) is 0.630. The van der Waals surface area contributed by atoms with E-state index < -0.39 is 14.3 Å². The number of nitrogens with one attached hydrogen (secondary N) is 1. The van der Waals surface area contributed by atoms with Gasteiger partial charge in [0.05, 0.1) is 0 Å². The maximum absolute atomic E-state index is 5.91. The number of rotatable bonds is 5. The van der Waals surface area contributed by atoms with E-state index in [0.717, 1.165) is 12.6 Å². The van der Waals surface area contributed by atoms with E-state index >= 15 is 0 Å². The third kappa shape index (κ3) is 2.60. The Labute approximate surface area is 105 Å². The Morgan fingerprint density at radius 2 is 1.82 bits per heavy atom. The Kier molecular flexibility index (Phi) is 4.34. The molecule has 1 heterocycles. The van der Waals surface area contributed by atoms with E-state index in [0.29, 0.717) is 13.2 Å². The molecule has 1 aliphatic rings. The van der Waals surface area contributed by atoms with E-state index in [1.807, 2.05) is 13.8 Å². The smallest absolute Gasteiger partial charge is 0.208 e. The number of ether oxygens (including phenoxy) is 2. The molecule has 0 unspecified atom stereocenters. The largest absolute Gasteiger partial charge is 0.341 e. The van der Waals surface area contributed by atoms with Crippen molar-refractivity contribution in [2.45, 2.75) is 25.4 Å². The van der Waals surface area contributed by atoms with Crippen molar-refractivity contribution in [3.8, 4) is 0 Å². The van der Waals surface area contributed by atoms with Crippen LogP contribution in [0, 0.1) is 0 Å². The van der Waals surface area contributed by atoms with E-state index in [1.54, 1.807) is 0 Å². The average Bonchev–Trinajstić information content (AvgIpc) is 2.75. The summed E-state index contributed by atoms with van der Waals surface area (Å²) in [6, 6.07) is 11.8. The molecule has 0 aliphatic carbocycles. The van der Waals surface area contributed by atoms with Crippen LogP contribution >= 0.6 is 0 Å².